The van der Waals surface area contributed by atoms with Gasteiger partial charge in [0.05, 0.1) is 23.1 Å². The Balaban J connectivity index is 1.46. The molecule has 0 amide bonds. The van der Waals surface area contributed by atoms with Crippen LogP contribution < -0.4 is 10.9 Å². The van der Waals surface area contributed by atoms with Crippen molar-refractivity contribution in [1.29, 1.82) is 0 Å². The standard InChI is InChI=1S/C28H26F3N5O3/c1-15(35-8-5-16(6-9-35)26-19(29)10-17(28(38)39)11-20(26)30)24-12-18-23(4-7-33-27(18)34(24)3)36-14-21(31)22(32-2)13-25(36)37/h4-5,7,10-15,32H,6,8-9H2,1-3H3,(H,38,39). The highest BCUT2D eigenvalue weighted by Gasteiger charge is 2.26. The predicted molar refractivity (Wildman–Crippen MR) is 142 cm³/mol. The van der Waals surface area contributed by atoms with E-state index in [0.29, 0.717) is 41.8 Å². The van der Waals surface area contributed by atoms with E-state index in [1.807, 2.05) is 24.6 Å². The van der Waals surface area contributed by atoms with Crippen LogP contribution in [0, 0.1) is 17.5 Å². The first-order valence-corrected chi connectivity index (χ1v) is 12.3. The number of fused-ring (bicyclic) bond motifs is 1. The second-order valence-electron chi connectivity index (χ2n) is 9.46. The van der Waals surface area contributed by atoms with E-state index in [4.69, 9.17) is 5.11 Å². The predicted octanol–water partition coefficient (Wildman–Crippen LogP) is 4.73. The SMILES string of the molecule is CNc1cc(=O)n(-c2ccnc3c2cc(C(C)N2CC=C(c4c(F)cc(C(=O)O)cc4F)CC2)n3C)cc1F. The van der Waals surface area contributed by atoms with Gasteiger partial charge in [-0.3, -0.25) is 14.3 Å². The fourth-order valence-corrected chi connectivity index (χ4v) is 5.18. The molecule has 39 heavy (non-hydrogen) atoms. The molecule has 0 saturated heterocycles. The van der Waals surface area contributed by atoms with Crippen molar-refractivity contribution in [2.75, 3.05) is 25.5 Å². The summed E-state index contributed by atoms with van der Waals surface area (Å²) in [6.45, 7) is 2.92. The van der Waals surface area contributed by atoms with E-state index >= 15 is 0 Å². The zero-order chi connectivity index (χ0) is 28.0. The maximum atomic E-state index is 14.6. The van der Waals surface area contributed by atoms with Crippen LogP contribution in [0.1, 0.15) is 41.0 Å². The maximum Gasteiger partial charge on any atom is 0.335 e. The molecule has 5 rings (SSSR count). The van der Waals surface area contributed by atoms with Crippen LogP contribution in [0.4, 0.5) is 18.9 Å². The summed E-state index contributed by atoms with van der Waals surface area (Å²) in [4.78, 5) is 30.5. The van der Waals surface area contributed by atoms with Crippen molar-refractivity contribution in [2.45, 2.75) is 19.4 Å². The lowest BCUT2D eigenvalue weighted by Crippen LogP contribution is -2.32. The lowest BCUT2D eigenvalue weighted by molar-refractivity contribution is 0.0695. The van der Waals surface area contributed by atoms with E-state index in [-0.39, 0.29) is 17.3 Å². The van der Waals surface area contributed by atoms with E-state index in [9.17, 15) is 22.8 Å². The normalized spacial score (nSPS) is 14.9. The molecule has 0 radical (unpaired) electrons. The average molecular weight is 538 g/mol. The van der Waals surface area contributed by atoms with E-state index in [1.54, 1.807) is 25.4 Å². The first kappa shape index (κ1) is 26.2. The van der Waals surface area contributed by atoms with Crippen molar-refractivity contribution in [3.63, 3.8) is 0 Å². The van der Waals surface area contributed by atoms with Gasteiger partial charge in [-0.1, -0.05) is 6.08 Å². The van der Waals surface area contributed by atoms with Gasteiger partial charge in [0.2, 0.25) is 0 Å². The minimum atomic E-state index is -1.39. The van der Waals surface area contributed by atoms with Gasteiger partial charge < -0.3 is 15.0 Å². The summed E-state index contributed by atoms with van der Waals surface area (Å²) >= 11 is 0. The number of anilines is 1. The number of nitrogens with zero attached hydrogens (tertiary/aromatic N) is 4. The van der Waals surface area contributed by atoms with Crippen molar-refractivity contribution in [2.24, 2.45) is 7.05 Å². The van der Waals surface area contributed by atoms with Crippen LogP contribution in [0.15, 0.2) is 53.6 Å². The molecule has 1 unspecified atom stereocenters. The number of carbonyl (C=O) groups is 1. The molecule has 202 valence electrons. The number of hydrogen-bond acceptors (Lipinski definition) is 5. The Morgan fingerprint density at radius 2 is 1.85 bits per heavy atom. The summed E-state index contributed by atoms with van der Waals surface area (Å²) < 4.78 is 46.9. The maximum absolute atomic E-state index is 14.6. The van der Waals surface area contributed by atoms with Crippen molar-refractivity contribution >= 4 is 28.3 Å². The first-order chi connectivity index (χ1) is 18.6. The van der Waals surface area contributed by atoms with Gasteiger partial charge in [-0.2, -0.15) is 0 Å². The quantitative estimate of drug-likeness (QED) is 0.370. The number of aromatic carboxylic acids is 1. The highest BCUT2D eigenvalue weighted by molar-refractivity contribution is 5.88. The molecular weight excluding hydrogens is 511 g/mol. The van der Waals surface area contributed by atoms with E-state index in [2.05, 4.69) is 15.2 Å². The van der Waals surface area contributed by atoms with E-state index in [0.717, 1.165) is 24.0 Å². The molecule has 0 spiro atoms. The Hall–Kier alpha value is -4.38. The third-order valence-corrected chi connectivity index (χ3v) is 7.30. The Labute approximate surface area is 221 Å². The van der Waals surface area contributed by atoms with Crippen molar-refractivity contribution in [1.82, 2.24) is 19.0 Å². The Morgan fingerprint density at radius 1 is 1.13 bits per heavy atom. The summed E-state index contributed by atoms with van der Waals surface area (Å²) in [5.74, 6) is -3.76. The summed E-state index contributed by atoms with van der Waals surface area (Å²) in [7, 11) is 3.40. The van der Waals surface area contributed by atoms with Crippen LogP contribution >= 0.6 is 0 Å². The van der Waals surface area contributed by atoms with Gasteiger partial charge in [0.15, 0.2) is 5.82 Å². The van der Waals surface area contributed by atoms with E-state index < -0.39 is 34.5 Å². The lowest BCUT2D eigenvalue weighted by Gasteiger charge is -2.32. The van der Waals surface area contributed by atoms with Crippen LogP contribution in [0.3, 0.4) is 0 Å². The number of carboxylic acid groups (broad SMARTS) is 1. The van der Waals surface area contributed by atoms with Gasteiger partial charge in [-0.15, -0.1) is 0 Å². The minimum Gasteiger partial charge on any atom is -0.478 e. The molecule has 8 nitrogen and oxygen atoms in total. The van der Waals surface area contributed by atoms with Gasteiger partial charge >= 0.3 is 5.97 Å². The molecule has 2 N–H and O–H groups in total. The Kier molecular flexibility index (Phi) is 6.77. The number of aromatic nitrogens is 3. The van der Waals surface area contributed by atoms with Crippen LogP contribution in [0.2, 0.25) is 0 Å². The number of pyridine rings is 2. The Bertz CT molecular complexity index is 1690. The monoisotopic (exact) mass is 537 g/mol. The topological polar surface area (TPSA) is 92.4 Å². The van der Waals surface area contributed by atoms with Gasteiger partial charge in [0.1, 0.15) is 17.3 Å². The Morgan fingerprint density at radius 3 is 2.46 bits per heavy atom. The number of rotatable bonds is 6. The molecule has 1 aromatic carbocycles. The fourth-order valence-electron chi connectivity index (χ4n) is 5.18. The van der Waals surface area contributed by atoms with Gasteiger partial charge in [-0.05, 0) is 43.2 Å². The van der Waals surface area contributed by atoms with Crippen LogP contribution in [0.5, 0.6) is 0 Å². The second kappa shape index (κ2) is 10.1. The summed E-state index contributed by atoms with van der Waals surface area (Å²) in [5.41, 5.74) is 1.57. The number of aryl methyl sites for hydroxylation is 1. The molecular formula is C28H26F3N5O3. The molecule has 3 aromatic heterocycles. The molecule has 0 fully saturated rings. The largest absolute Gasteiger partial charge is 0.478 e. The number of hydrogen-bond donors (Lipinski definition) is 2. The number of carboxylic acids is 1. The van der Waals surface area contributed by atoms with Crippen LogP contribution in [0.25, 0.3) is 22.3 Å². The first-order valence-electron chi connectivity index (χ1n) is 12.3. The number of nitrogens with one attached hydrogen (secondary N) is 1. The van der Waals surface area contributed by atoms with Crippen LogP contribution in [-0.4, -0.2) is 50.2 Å². The van der Waals surface area contributed by atoms with Crippen molar-refractivity contribution in [3.05, 3.63) is 93.4 Å². The molecule has 0 saturated carbocycles. The molecule has 4 heterocycles. The summed E-state index contributed by atoms with van der Waals surface area (Å²) in [6.07, 6.45) is 4.83. The second-order valence-corrected chi connectivity index (χ2v) is 9.46. The van der Waals surface area contributed by atoms with Gasteiger partial charge in [0.25, 0.3) is 5.56 Å². The third kappa shape index (κ3) is 4.59. The minimum absolute atomic E-state index is 0.110. The van der Waals surface area contributed by atoms with Crippen LogP contribution in [-0.2, 0) is 7.05 Å². The zero-order valence-electron chi connectivity index (χ0n) is 21.5. The summed E-state index contributed by atoms with van der Waals surface area (Å²) in [6, 6.07) is 6.32. The number of halogens is 3. The smallest absolute Gasteiger partial charge is 0.335 e. The van der Waals surface area contributed by atoms with E-state index in [1.165, 1.54) is 10.6 Å². The van der Waals surface area contributed by atoms with Crippen molar-refractivity contribution < 1.29 is 23.1 Å². The van der Waals surface area contributed by atoms with Gasteiger partial charge in [-0.25, -0.2) is 22.9 Å². The number of benzene rings is 1. The molecule has 11 heteroatoms. The summed E-state index contributed by atoms with van der Waals surface area (Å²) in [5, 5.41) is 12.4. The highest BCUT2D eigenvalue weighted by Crippen LogP contribution is 2.33. The molecule has 1 aliphatic heterocycles. The van der Waals surface area contributed by atoms with Gasteiger partial charge in [0, 0.05) is 62.1 Å². The zero-order valence-corrected chi connectivity index (χ0v) is 21.5. The van der Waals surface area contributed by atoms with Crippen molar-refractivity contribution in [3.8, 4) is 5.69 Å². The molecule has 1 aliphatic rings. The molecule has 0 bridgehead atoms. The average Bonchev–Trinajstić information content (AvgIpc) is 3.25. The highest BCUT2D eigenvalue weighted by atomic mass is 19.1. The third-order valence-electron chi connectivity index (χ3n) is 7.30. The molecule has 0 aliphatic carbocycles. The molecule has 1 atom stereocenters. The fraction of sp³-hybridized carbons (Fsp3) is 0.250. The lowest BCUT2D eigenvalue weighted by atomic mass is 9.96. The molecule has 4 aromatic rings.